The summed E-state index contributed by atoms with van der Waals surface area (Å²) in [6.07, 6.45) is 10.9. The molecule has 1 fully saturated rings. The van der Waals surface area contributed by atoms with Gasteiger partial charge in [0.05, 0.1) is 5.69 Å². The summed E-state index contributed by atoms with van der Waals surface area (Å²) in [6.45, 7) is 7.38. The van der Waals surface area contributed by atoms with Gasteiger partial charge < -0.3 is 24.4 Å². The number of hydrogen-bond acceptors (Lipinski definition) is 6. The second-order valence-electron chi connectivity index (χ2n) is 9.93. The molecule has 3 N–H and O–H groups in total. The van der Waals surface area contributed by atoms with Crippen LogP contribution in [0.4, 0.5) is 10.1 Å². The molecule has 0 saturated carbocycles. The van der Waals surface area contributed by atoms with Gasteiger partial charge in [-0.1, -0.05) is 25.5 Å². The zero-order valence-corrected chi connectivity index (χ0v) is 22.4. The van der Waals surface area contributed by atoms with Gasteiger partial charge in [-0.3, -0.25) is 10.5 Å². The third kappa shape index (κ3) is 6.81. The van der Waals surface area contributed by atoms with Crippen LogP contribution in [0.3, 0.4) is 0 Å². The van der Waals surface area contributed by atoms with E-state index >= 15 is 0 Å². The first-order valence-corrected chi connectivity index (χ1v) is 13.3. The zero-order valence-electron chi connectivity index (χ0n) is 22.4. The number of piperidine rings is 1. The third-order valence-electron chi connectivity index (χ3n) is 7.10. The first kappa shape index (κ1) is 27.8. The van der Waals surface area contributed by atoms with Gasteiger partial charge in [-0.25, -0.2) is 4.39 Å². The highest BCUT2D eigenvalue weighted by Gasteiger charge is 2.34. The third-order valence-corrected chi connectivity index (χ3v) is 7.10. The van der Waals surface area contributed by atoms with Gasteiger partial charge in [0.1, 0.15) is 23.4 Å². The molecule has 2 aliphatic rings. The summed E-state index contributed by atoms with van der Waals surface area (Å²) < 4.78 is 32.3. The molecule has 4 rings (SSSR count). The molecule has 2 unspecified atom stereocenters. The van der Waals surface area contributed by atoms with Gasteiger partial charge >= 0.3 is 0 Å². The first-order valence-electron chi connectivity index (χ1n) is 13.3. The number of carbonyl (C=O) groups excluding carboxylic acids is 1. The molecule has 2 aromatic carbocycles. The fourth-order valence-corrected chi connectivity index (χ4v) is 4.68. The molecule has 1 aliphatic heterocycles. The van der Waals surface area contributed by atoms with Crippen LogP contribution in [0, 0.1) is 12.7 Å². The maximum absolute atomic E-state index is 14.8. The highest BCUT2D eigenvalue weighted by molar-refractivity contribution is 6.04. The summed E-state index contributed by atoms with van der Waals surface area (Å²) in [5.41, 5.74) is 6.39. The number of aryl methyl sites for hydroxylation is 1. The lowest BCUT2D eigenvalue weighted by atomic mass is 10.0. The second-order valence-corrected chi connectivity index (χ2v) is 9.93. The van der Waals surface area contributed by atoms with Crippen LogP contribution in [-0.2, 0) is 4.74 Å². The molecule has 38 heavy (non-hydrogen) atoms. The van der Waals surface area contributed by atoms with E-state index in [-0.39, 0.29) is 17.5 Å². The molecule has 8 heteroatoms. The molecule has 1 saturated heterocycles. The molecule has 1 heterocycles. The summed E-state index contributed by atoms with van der Waals surface area (Å²) in [5.74, 6) is 0.0242. The Kier molecular flexibility index (Phi) is 9.20. The summed E-state index contributed by atoms with van der Waals surface area (Å²) in [7, 11) is 1.48. The Morgan fingerprint density at radius 1 is 1.16 bits per heavy atom. The lowest BCUT2D eigenvalue weighted by Gasteiger charge is -2.33. The van der Waals surface area contributed by atoms with Crippen molar-refractivity contribution >= 4 is 11.6 Å². The summed E-state index contributed by atoms with van der Waals surface area (Å²) in [4.78, 5) is 15.4. The fraction of sp³-hybridized carbons (Fsp3) is 0.433. The van der Waals surface area contributed by atoms with Crippen LogP contribution in [-0.4, -0.2) is 55.5 Å². The Bertz CT molecular complexity index is 1180. The lowest BCUT2D eigenvalue weighted by Crippen LogP contribution is -2.53. The van der Waals surface area contributed by atoms with E-state index in [9.17, 15) is 9.18 Å². The molecule has 2 atom stereocenters. The Morgan fingerprint density at radius 2 is 1.95 bits per heavy atom. The number of methoxy groups -OCH3 is 1. The number of nitrogens with two attached hydrogens (primary N) is 1. The molecule has 2 aromatic rings. The van der Waals surface area contributed by atoms with Crippen molar-refractivity contribution < 1.29 is 23.4 Å². The average molecular weight is 524 g/mol. The van der Waals surface area contributed by atoms with Crippen molar-refractivity contribution in [1.82, 2.24) is 4.90 Å². The number of benzene rings is 2. The van der Waals surface area contributed by atoms with E-state index in [0.29, 0.717) is 5.56 Å². The standard InChI is InChI=1S/C30H38FN3O4/c1-4-5-16-34-17-13-23(14-18-34)37-27-12-9-22(19-21(27)2)29(35)33-26-11-10-24(20-25(26)31)38-28-8-6-7-15-30(28,32)36-3/h6-12,15,19-20,23,28H,4-5,13-14,16-18,32H2,1-3H3,(H,33,35). The molecule has 0 bridgehead atoms. The minimum atomic E-state index is -1.15. The minimum absolute atomic E-state index is 0.0556. The largest absolute Gasteiger partial charge is 0.490 e. The van der Waals surface area contributed by atoms with E-state index in [2.05, 4.69) is 17.1 Å². The number of amides is 1. The van der Waals surface area contributed by atoms with E-state index in [1.165, 1.54) is 32.1 Å². The number of rotatable bonds is 10. The fourth-order valence-electron chi connectivity index (χ4n) is 4.68. The Morgan fingerprint density at radius 3 is 2.63 bits per heavy atom. The van der Waals surface area contributed by atoms with Crippen molar-refractivity contribution in [3.05, 3.63) is 77.6 Å². The SMILES string of the molecule is CCCCN1CCC(Oc2ccc(C(=O)Nc3ccc(OC4C=CC=CC4(N)OC)cc3F)cc2C)CC1. The van der Waals surface area contributed by atoms with Crippen LogP contribution in [0.15, 0.2) is 60.7 Å². The normalized spacial score (nSPS) is 21.9. The second kappa shape index (κ2) is 12.6. The highest BCUT2D eigenvalue weighted by Crippen LogP contribution is 2.28. The average Bonchev–Trinajstić information content (AvgIpc) is 2.92. The predicted octanol–water partition coefficient (Wildman–Crippen LogP) is 5.20. The number of allylic oxidation sites excluding steroid dienone is 2. The first-order chi connectivity index (χ1) is 18.3. The molecule has 1 amide bonds. The summed E-state index contributed by atoms with van der Waals surface area (Å²) >= 11 is 0. The van der Waals surface area contributed by atoms with Crippen molar-refractivity contribution in [2.24, 2.45) is 5.73 Å². The number of hydrogen-bond donors (Lipinski definition) is 2. The van der Waals surface area contributed by atoms with Crippen LogP contribution < -0.4 is 20.5 Å². The quantitative estimate of drug-likeness (QED) is 0.416. The topological polar surface area (TPSA) is 86.0 Å². The zero-order chi connectivity index (χ0) is 27.1. The monoisotopic (exact) mass is 523 g/mol. The van der Waals surface area contributed by atoms with Crippen molar-refractivity contribution in [3.8, 4) is 11.5 Å². The number of carbonyl (C=O) groups is 1. The van der Waals surface area contributed by atoms with Gasteiger partial charge in [-0.15, -0.1) is 0 Å². The van der Waals surface area contributed by atoms with Gasteiger partial charge in [0, 0.05) is 31.8 Å². The molecule has 204 valence electrons. The van der Waals surface area contributed by atoms with Crippen LogP contribution in [0.2, 0.25) is 0 Å². The molecule has 0 radical (unpaired) electrons. The van der Waals surface area contributed by atoms with Gasteiger partial charge in [-0.05, 0) is 80.8 Å². The van der Waals surface area contributed by atoms with Crippen molar-refractivity contribution in [3.63, 3.8) is 0 Å². The van der Waals surface area contributed by atoms with Gasteiger partial charge in [0.25, 0.3) is 5.91 Å². The number of ether oxygens (including phenoxy) is 3. The molecular formula is C30H38FN3O4. The summed E-state index contributed by atoms with van der Waals surface area (Å²) in [5, 5.41) is 2.64. The molecule has 0 spiro atoms. The van der Waals surface area contributed by atoms with Crippen LogP contribution in [0.1, 0.15) is 48.5 Å². The van der Waals surface area contributed by atoms with Crippen LogP contribution in [0.25, 0.3) is 0 Å². The van der Waals surface area contributed by atoms with E-state index in [0.717, 1.165) is 43.8 Å². The molecule has 7 nitrogen and oxygen atoms in total. The van der Waals surface area contributed by atoms with Crippen molar-refractivity contribution in [1.29, 1.82) is 0 Å². The lowest BCUT2D eigenvalue weighted by molar-refractivity contribution is -0.0341. The van der Waals surface area contributed by atoms with E-state index in [1.807, 2.05) is 13.0 Å². The Hall–Kier alpha value is -3.20. The van der Waals surface area contributed by atoms with Crippen molar-refractivity contribution in [2.45, 2.75) is 57.5 Å². The van der Waals surface area contributed by atoms with Gasteiger partial charge in [0.2, 0.25) is 0 Å². The molecule has 0 aromatic heterocycles. The Balaban J connectivity index is 1.34. The smallest absolute Gasteiger partial charge is 0.255 e. The van der Waals surface area contributed by atoms with E-state index < -0.39 is 23.6 Å². The highest BCUT2D eigenvalue weighted by atomic mass is 19.1. The number of nitrogens with zero attached hydrogens (tertiary/aromatic N) is 1. The van der Waals surface area contributed by atoms with Crippen LogP contribution in [0.5, 0.6) is 11.5 Å². The maximum atomic E-state index is 14.8. The molecular weight excluding hydrogens is 485 g/mol. The summed E-state index contributed by atoms with van der Waals surface area (Å²) in [6, 6.07) is 9.56. The number of halogens is 1. The number of nitrogens with one attached hydrogen (secondary N) is 1. The maximum Gasteiger partial charge on any atom is 0.255 e. The van der Waals surface area contributed by atoms with Gasteiger partial charge in [0.15, 0.2) is 11.8 Å². The number of anilines is 1. The number of likely N-dealkylation sites (tertiary alicyclic amines) is 1. The van der Waals surface area contributed by atoms with Gasteiger partial charge in [-0.2, -0.15) is 0 Å². The van der Waals surface area contributed by atoms with Crippen molar-refractivity contribution in [2.75, 3.05) is 32.1 Å². The number of unbranched alkanes of at least 4 members (excludes halogenated alkanes) is 1. The minimum Gasteiger partial charge on any atom is -0.490 e. The van der Waals surface area contributed by atoms with E-state index in [4.69, 9.17) is 19.9 Å². The molecule has 1 aliphatic carbocycles. The van der Waals surface area contributed by atoms with E-state index in [1.54, 1.807) is 42.5 Å². The predicted molar refractivity (Wildman–Crippen MR) is 147 cm³/mol. The van der Waals surface area contributed by atoms with Crippen LogP contribution >= 0.6 is 0 Å². The Labute approximate surface area is 224 Å².